The molecule has 4 aromatic rings. The van der Waals surface area contributed by atoms with Crippen LogP contribution in [0.5, 0.6) is 23.0 Å². The Labute approximate surface area is 239 Å². The molecule has 0 bridgehead atoms. The smallest absolute Gasteiger partial charge is 0.872 e. The number of aliphatic imine (C=N–C) groups is 2. The minimum atomic E-state index is -0.786. The van der Waals surface area contributed by atoms with Gasteiger partial charge in [0.1, 0.15) is 35.2 Å². The maximum Gasteiger partial charge on any atom is 2.00 e. The van der Waals surface area contributed by atoms with E-state index in [1.807, 2.05) is 0 Å². The second-order valence-corrected chi connectivity index (χ2v) is 8.29. The summed E-state index contributed by atoms with van der Waals surface area (Å²) in [5.41, 5.74) is 1.63. The predicted octanol–water partition coefficient (Wildman–Crippen LogP) is 5.15. The van der Waals surface area contributed by atoms with Gasteiger partial charge in [0.15, 0.2) is 0 Å². The van der Waals surface area contributed by atoms with Gasteiger partial charge in [-0.15, -0.1) is 0 Å². The first-order chi connectivity index (χ1) is 18.4. The molecular weight excluding hydrogens is 685 g/mol. The molecule has 4 aromatic carbocycles. The van der Waals surface area contributed by atoms with Crippen molar-refractivity contribution in [3.63, 3.8) is 0 Å². The number of rotatable bonds is 9. The number of halogens is 2. The summed E-state index contributed by atoms with van der Waals surface area (Å²) in [5.74, 6) is -0.780. The fourth-order valence-electron chi connectivity index (χ4n) is 3.99. The molecule has 0 aromatic heterocycles. The Morgan fingerprint density at radius 3 is 1.31 bits per heavy atom. The molecular formula is C30H24F2N2O4Pt. The van der Waals surface area contributed by atoms with Crippen LogP contribution in [0.15, 0.2) is 94.9 Å². The normalized spacial score (nSPS) is 12.7. The van der Waals surface area contributed by atoms with Crippen LogP contribution in [-0.4, -0.2) is 26.6 Å². The van der Waals surface area contributed by atoms with Crippen LogP contribution in [0.25, 0.3) is 0 Å². The third-order valence-corrected chi connectivity index (χ3v) is 5.94. The zero-order valence-electron chi connectivity index (χ0n) is 21.0. The number of hydrogen-bond donors (Lipinski definition) is 0. The Kier molecular flexibility index (Phi) is 10.3. The Bertz CT molecular complexity index is 1330. The van der Waals surface area contributed by atoms with Gasteiger partial charge in [-0.05, 0) is 47.5 Å². The zero-order valence-corrected chi connectivity index (χ0v) is 23.3. The molecule has 0 spiro atoms. The van der Waals surface area contributed by atoms with Gasteiger partial charge in [-0.3, -0.25) is 9.98 Å². The average molecular weight is 710 g/mol. The molecule has 2 atom stereocenters. The SMILES string of the molecule is COc1cccc([O-])c1C=NC(c1ccc(F)cc1)C(N=Cc1c([O-])cccc1OC)c1ccc(F)cc1.[Pt+2]. The van der Waals surface area contributed by atoms with Crippen molar-refractivity contribution in [2.75, 3.05) is 14.2 Å². The molecule has 0 saturated heterocycles. The molecule has 39 heavy (non-hydrogen) atoms. The van der Waals surface area contributed by atoms with Crippen LogP contribution in [0, 0.1) is 11.6 Å². The first-order valence-electron chi connectivity index (χ1n) is 11.7. The van der Waals surface area contributed by atoms with E-state index >= 15 is 0 Å². The van der Waals surface area contributed by atoms with Gasteiger partial charge in [-0.25, -0.2) is 8.78 Å². The largest absolute Gasteiger partial charge is 2.00 e. The third kappa shape index (κ3) is 7.09. The van der Waals surface area contributed by atoms with E-state index in [1.54, 1.807) is 48.5 Å². The second-order valence-electron chi connectivity index (χ2n) is 8.29. The minimum Gasteiger partial charge on any atom is -0.872 e. The van der Waals surface area contributed by atoms with Gasteiger partial charge in [0.25, 0.3) is 0 Å². The van der Waals surface area contributed by atoms with Crippen LogP contribution in [0.4, 0.5) is 8.78 Å². The van der Waals surface area contributed by atoms with Gasteiger partial charge in [-0.1, -0.05) is 60.0 Å². The summed E-state index contributed by atoms with van der Waals surface area (Å²) in [6.45, 7) is 0. The van der Waals surface area contributed by atoms with Crippen LogP contribution >= 0.6 is 0 Å². The molecule has 0 aliphatic rings. The Morgan fingerprint density at radius 1 is 0.615 bits per heavy atom. The van der Waals surface area contributed by atoms with Crippen molar-refractivity contribution >= 4 is 12.4 Å². The fraction of sp³-hybridized carbons (Fsp3) is 0.133. The van der Waals surface area contributed by atoms with Gasteiger partial charge < -0.3 is 19.7 Å². The maximum absolute atomic E-state index is 13.8. The first-order valence-corrected chi connectivity index (χ1v) is 11.7. The molecule has 0 N–H and O–H groups in total. The van der Waals surface area contributed by atoms with Crippen LogP contribution < -0.4 is 19.7 Å². The zero-order chi connectivity index (χ0) is 27.1. The van der Waals surface area contributed by atoms with E-state index in [0.29, 0.717) is 22.6 Å². The number of methoxy groups -OCH3 is 2. The van der Waals surface area contributed by atoms with E-state index in [9.17, 15) is 19.0 Å². The molecule has 0 aliphatic carbocycles. The molecule has 0 amide bonds. The summed E-state index contributed by atoms with van der Waals surface area (Å²) in [7, 11) is 2.89. The van der Waals surface area contributed by atoms with E-state index < -0.39 is 23.7 Å². The summed E-state index contributed by atoms with van der Waals surface area (Å²) in [4.78, 5) is 9.39. The van der Waals surface area contributed by atoms with Crippen molar-refractivity contribution in [3.05, 3.63) is 119 Å². The average Bonchev–Trinajstić information content (AvgIpc) is 2.93. The van der Waals surface area contributed by atoms with Gasteiger partial charge in [0.2, 0.25) is 0 Å². The van der Waals surface area contributed by atoms with E-state index in [0.717, 1.165) is 0 Å². The molecule has 0 radical (unpaired) electrons. The standard InChI is InChI=1S/C30H26F2N2O4.Pt/c1-37-27-7-3-5-25(35)23(27)17-33-29(19-9-13-21(31)14-10-19)30(20-11-15-22(32)16-12-20)34-18-24-26(36)6-4-8-28(24)38-2;/h3-18,29-30,35-36H,1-2H3;/q;+2/p-2. The van der Waals surface area contributed by atoms with Crippen molar-refractivity contribution < 1.29 is 49.5 Å². The first kappa shape index (κ1) is 29.5. The van der Waals surface area contributed by atoms with E-state index in [2.05, 4.69) is 0 Å². The molecule has 9 heteroatoms. The summed E-state index contributed by atoms with van der Waals surface area (Å²) >= 11 is 0. The Balaban J connectivity index is 0.00000420. The van der Waals surface area contributed by atoms with Gasteiger partial charge in [-0.2, -0.15) is 0 Å². The van der Waals surface area contributed by atoms with Crippen molar-refractivity contribution in [1.82, 2.24) is 0 Å². The molecule has 0 fully saturated rings. The molecule has 0 saturated carbocycles. The Morgan fingerprint density at radius 2 is 0.974 bits per heavy atom. The summed E-state index contributed by atoms with van der Waals surface area (Å²) < 4.78 is 38.2. The molecule has 202 valence electrons. The third-order valence-electron chi connectivity index (χ3n) is 5.94. The Hall–Kier alpha value is -4.03. The van der Waals surface area contributed by atoms with Gasteiger partial charge >= 0.3 is 21.1 Å². The number of nitrogens with zero attached hydrogens (tertiary/aromatic N) is 2. The van der Waals surface area contributed by atoms with Crippen molar-refractivity contribution in [3.8, 4) is 23.0 Å². The van der Waals surface area contributed by atoms with Crippen LogP contribution in [-0.2, 0) is 21.1 Å². The molecule has 4 rings (SSSR count). The summed E-state index contributed by atoms with van der Waals surface area (Å²) in [6.07, 6.45) is 2.78. The topological polar surface area (TPSA) is 89.3 Å². The second kappa shape index (κ2) is 13.7. The fourth-order valence-corrected chi connectivity index (χ4v) is 3.99. The quantitative estimate of drug-likeness (QED) is 0.225. The summed E-state index contributed by atoms with van der Waals surface area (Å²) in [6, 6.07) is 19.1. The van der Waals surface area contributed by atoms with Gasteiger partial charge in [0.05, 0.1) is 14.2 Å². The summed E-state index contributed by atoms with van der Waals surface area (Å²) in [5, 5.41) is 25.1. The number of benzene rings is 4. The van der Waals surface area contributed by atoms with E-state index in [4.69, 9.17) is 19.5 Å². The van der Waals surface area contributed by atoms with E-state index in [-0.39, 0.29) is 43.7 Å². The predicted molar refractivity (Wildman–Crippen MR) is 138 cm³/mol. The minimum absolute atomic E-state index is 0. The van der Waals surface area contributed by atoms with Crippen molar-refractivity contribution in [1.29, 1.82) is 0 Å². The van der Waals surface area contributed by atoms with Crippen molar-refractivity contribution in [2.45, 2.75) is 12.1 Å². The van der Waals surface area contributed by atoms with Crippen LogP contribution in [0.1, 0.15) is 34.3 Å². The molecule has 0 heterocycles. The molecule has 6 nitrogen and oxygen atoms in total. The number of ether oxygens (including phenoxy) is 2. The van der Waals surface area contributed by atoms with Crippen LogP contribution in [0.2, 0.25) is 0 Å². The van der Waals surface area contributed by atoms with Crippen molar-refractivity contribution in [2.24, 2.45) is 9.98 Å². The number of hydrogen-bond acceptors (Lipinski definition) is 6. The maximum atomic E-state index is 13.8. The van der Waals surface area contributed by atoms with Gasteiger partial charge in [0, 0.05) is 23.6 Å². The molecule has 0 aliphatic heterocycles. The monoisotopic (exact) mass is 709 g/mol. The van der Waals surface area contributed by atoms with Crippen LogP contribution in [0.3, 0.4) is 0 Å². The van der Waals surface area contributed by atoms with E-state index in [1.165, 1.54) is 63.0 Å². The molecule has 2 unspecified atom stereocenters.